The van der Waals surface area contributed by atoms with Crippen molar-refractivity contribution in [2.24, 2.45) is 11.0 Å². The molecular formula is C21H29N5. The van der Waals surface area contributed by atoms with Gasteiger partial charge in [0.15, 0.2) is 0 Å². The van der Waals surface area contributed by atoms with E-state index >= 15 is 0 Å². The highest BCUT2D eigenvalue weighted by atomic mass is 15.8. The molecular weight excluding hydrogens is 322 g/mol. The minimum absolute atomic E-state index is 0.358. The minimum atomic E-state index is 0.358. The standard InChI is InChI=1S/C21H29N5/c1-2-20(24-15-11-22-12-16-24)19-9-14-25(26-13-6-10-23-26)21(17-19)18-7-4-3-5-8-18/h3-5,7-8,10,19,21-22H,1,6,9,11-17H2. The van der Waals surface area contributed by atoms with Gasteiger partial charge in [0.2, 0.25) is 0 Å². The minimum Gasteiger partial charge on any atom is -0.366 e. The fraction of sp³-hybridized carbons (Fsp3) is 0.524. The van der Waals surface area contributed by atoms with Gasteiger partial charge in [-0.1, -0.05) is 36.9 Å². The van der Waals surface area contributed by atoms with E-state index in [1.807, 2.05) is 6.21 Å². The van der Waals surface area contributed by atoms with Gasteiger partial charge in [-0.3, -0.25) is 0 Å². The van der Waals surface area contributed by atoms with Gasteiger partial charge in [-0.05, 0) is 18.4 Å². The quantitative estimate of drug-likeness (QED) is 0.846. The van der Waals surface area contributed by atoms with Crippen LogP contribution in [0.15, 0.2) is 53.4 Å². The van der Waals surface area contributed by atoms with Crippen LogP contribution in [0.4, 0.5) is 0 Å². The second-order valence-corrected chi connectivity index (χ2v) is 7.29. The van der Waals surface area contributed by atoms with E-state index in [0.717, 1.165) is 58.5 Å². The Hall–Kier alpha value is -2.07. The van der Waals surface area contributed by atoms with Crippen LogP contribution in [0.3, 0.4) is 0 Å². The lowest BCUT2D eigenvalue weighted by Gasteiger charge is -2.45. The van der Waals surface area contributed by atoms with Gasteiger partial charge in [0.25, 0.3) is 0 Å². The number of hydrogen-bond acceptors (Lipinski definition) is 5. The van der Waals surface area contributed by atoms with Crippen molar-refractivity contribution in [3.05, 3.63) is 53.9 Å². The lowest BCUT2D eigenvalue weighted by Crippen LogP contribution is -2.48. The maximum Gasteiger partial charge on any atom is 0.0591 e. The molecule has 2 saturated heterocycles. The highest BCUT2D eigenvalue weighted by Crippen LogP contribution is 2.39. The fourth-order valence-electron chi connectivity index (χ4n) is 4.46. The van der Waals surface area contributed by atoms with Crippen molar-refractivity contribution in [2.75, 3.05) is 39.3 Å². The smallest absolute Gasteiger partial charge is 0.0591 e. The largest absolute Gasteiger partial charge is 0.366 e. The van der Waals surface area contributed by atoms with E-state index in [2.05, 4.69) is 68.1 Å². The van der Waals surface area contributed by atoms with Crippen molar-refractivity contribution in [2.45, 2.75) is 25.3 Å². The summed E-state index contributed by atoms with van der Waals surface area (Å²) in [6, 6.07) is 11.2. The summed E-state index contributed by atoms with van der Waals surface area (Å²) in [7, 11) is 0. The molecule has 4 rings (SSSR count). The van der Waals surface area contributed by atoms with Crippen molar-refractivity contribution in [3.63, 3.8) is 0 Å². The van der Waals surface area contributed by atoms with Gasteiger partial charge >= 0.3 is 0 Å². The van der Waals surface area contributed by atoms with E-state index in [0.29, 0.717) is 12.0 Å². The maximum atomic E-state index is 4.60. The molecule has 138 valence electrons. The molecule has 3 aliphatic heterocycles. The van der Waals surface area contributed by atoms with Crippen LogP contribution in [-0.2, 0) is 0 Å². The fourth-order valence-corrected chi connectivity index (χ4v) is 4.46. The molecule has 1 N–H and O–H groups in total. The molecule has 2 fully saturated rings. The van der Waals surface area contributed by atoms with E-state index in [1.54, 1.807) is 0 Å². The van der Waals surface area contributed by atoms with Crippen LogP contribution < -0.4 is 5.32 Å². The summed E-state index contributed by atoms with van der Waals surface area (Å²) in [6.07, 6.45) is 5.30. The van der Waals surface area contributed by atoms with Crippen LogP contribution in [0.5, 0.6) is 0 Å². The van der Waals surface area contributed by atoms with Crippen molar-refractivity contribution in [3.8, 4) is 0 Å². The monoisotopic (exact) mass is 351 g/mol. The number of hydrazone groups is 1. The van der Waals surface area contributed by atoms with Crippen LogP contribution in [0.2, 0.25) is 0 Å². The van der Waals surface area contributed by atoms with E-state index in [-0.39, 0.29) is 0 Å². The lowest BCUT2D eigenvalue weighted by molar-refractivity contribution is -0.0815. The Labute approximate surface area is 156 Å². The van der Waals surface area contributed by atoms with Crippen molar-refractivity contribution in [1.29, 1.82) is 0 Å². The predicted molar refractivity (Wildman–Crippen MR) is 106 cm³/mol. The van der Waals surface area contributed by atoms with Crippen molar-refractivity contribution >= 4 is 6.21 Å². The molecule has 0 radical (unpaired) electrons. The summed E-state index contributed by atoms with van der Waals surface area (Å²) < 4.78 is 0. The van der Waals surface area contributed by atoms with Gasteiger partial charge in [-0.2, -0.15) is 10.1 Å². The van der Waals surface area contributed by atoms with Crippen LogP contribution in [0.25, 0.3) is 0 Å². The molecule has 3 aliphatic rings. The molecule has 2 atom stereocenters. The Morgan fingerprint density at radius 1 is 1.12 bits per heavy atom. The van der Waals surface area contributed by atoms with Gasteiger partial charge in [0.05, 0.1) is 18.3 Å². The van der Waals surface area contributed by atoms with Crippen LogP contribution in [0.1, 0.15) is 30.9 Å². The molecule has 5 heteroatoms. The zero-order valence-corrected chi connectivity index (χ0v) is 15.5. The first-order valence-electron chi connectivity index (χ1n) is 9.84. The molecule has 1 aromatic carbocycles. The highest BCUT2D eigenvalue weighted by Gasteiger charge is 2.36. The molecule has 0 aromatic heterocycles. The summed E-state index contributed by atoms with van der Waals surface area (Å²) in [5.41, 5.74) is 6.00. The number of piperazine rings is 1. The van der Waals surface area contributed by atoms with Crippen LogP contribution in [0, 0.1) is 5.92 Å². The van der Waals surface area contributed by atoms with Gasteiger partial charge in [-0.25, -0.2) is 5.12 Å². The lowest BCUT2D eigenvalue weighted by atomic mass is 9.85. The zero-order chi connectivity index (χ0) is 17.8. The van der Waals surface area contributed by atoms with Crippen molar-refractivity contribution < 1.29 is 0 Å². The van der Waals surface area contributed by atoms with E-state index in [4.69, 9.17) is 0 Å². The summed E-state index contributed by atoms with van der Waals surface area (Å²) in [6.45, 7) is 10.3. The Morgan fingerprint density at radius 2 is 1.92 bits per heavy atom. The second kappa shape index (κ2) is 8.09. The summed E-state index contributed by atoms with van der Waals surface area (Å²) in [5, 5.41) is 12.7. The summed E-state index contributed by atoms with van der Waals surface area (Å²) in [4.78, 5) is 2.49. The number of benzene rings is 1. The van der Waals surface area contributed by atoms with E-state index in [1.165, 1.54) is 11.3 Å². The summed E-state index contributed by atoms with van der Waals surface area (Å²) >= 11 is 0. The number of nitrogens with zero attached hydrogens (tertiary/aromatic N) is 4. The van der Waals surface area contributed by atoms with Gasteiger partial charge < -0.3 is 10.2 Å². The first kappa shape index (κ1) is 17.3. The molecule has 0 saturated carbocycles. The zero-order valence-electron chi connectivity index (χ0n) is 15.5. The predicted octanol–water partition coefficient (Wildman–Crippen LogP) is 2.62. The molecule has 5 nitrogen and oxygen atoms in total. The van der Waals surface area contributed by atoms with Crippen LogP contribution >= 0.6 is 0 Å². The highest BCUT2D eigenvalue weighted by molar-refractivity contribution is 5.58. The second-order valence-electron chi connectivity index (χ2n) is 7.29. The summed E-state index contributed by atoms with van der Waals surface area (Å²) in [5.74, 6) is 0.513. The van der Waals surface area contributed by atoms with Gasteiger partial charge in [0, 0.05) is 51.3 Å². The molecule has 0 amide bonds. The number of piperidine rings is 1. The Bertz CT molecular complexity index is 673. The first-order chi connectivity index (χ1) is 12.9. The van der Waals surface area contributed by atoms with Gasteiger partial charge in [0.1, 0.15) is 0 Å². The molecule has 1 aromatic rings. The SMILES string of the molecule is C=C=C(C1CCN(N2CCC=N2)C(c2ccccc2)C1)N1CCNCC1. The number of rotatable bonds is 4. The van der Waals surface area contributed by atoms with Crippen molar-refractivity contribution in [1.82, 2.24) is 20.3 Å². The third kappa shape index (κ3) is 3.56. The molecule has 0 spiro atoms. The molecule has 26 heavy (non-hydrogen) atoms. The normalized spacial score (nSPS) is 26.8. The molecule has 3 heterocycles. The van der Waals surface area contributed by atoms with Gasteiger partial charge in [-0.15, -0.1) is 5.73 Å². The Morgan fingerprint density at radius 3 is 2.62 bits per heavy atom. The molecule has 0 bridgehead atoms. The average molecular weight is 351 g/mol. The third-order valence-corrected chi connectivity index (χ3v) is 5.75. The number of nitrogens with one attached hydrogen (secondary N) is 1. The topological polar surface area (TPSA) is 34.1 Å². The third-order valence-electron chi connectivity index (χ3n) is 5.75. The molecule has 2 unspecified atom stereocenters. The Balaban J connectivity index is 1.56. The van der Waals surface area contributed by atoms with E-state index < -0.39 is 0 Å². The Kier molecular flexibility index (Phi) is 5.40. The van der Waals surface area contributed by atoms with E-state index in [9.17, 15) is 0 Å². The van der Waals surface area contributed by atoms with Crippen LogP contribution in [-0.4, -0.2) is 60.5 Å². The number of hydrazine groups is 1. The maximum absolute atomic E-state index is 4.60. The number of hydrogen-bond donors (Lipinski definition) is 1. The molecule has 0 aliphatic carbocycles. The number of allylic oxidation sites excluding steroid dienone is 1. The average Bonchev–Trinajstić information content (AvgIpc) is 3.25. The first-order valence-corrected chi connectivity index (χ1v) is 9.84.